The Bertz CT molecular complexity index is 877. The van der Waals surface area contributed by atoms with Gasteiger partial charge in [-0.05, 0) is 18.2 Å². The van der Waals surface area contributed by atoms with Gasteiger partial charge in [-0.3, -0.25) is 4.79 Å². The Hall–Kier alpha value is -3.16. The van der Waals surface area contributed by atoms with Gasteiger partial charge < -0.3 is 9.42 Å². The van der Waals surface area contributed by atoms with Crippen LogP contribution >= 0.6 is 0 Å². The summed E-state index contributed by atoms with van der Waals surface area (Å²) in [5.74, 6) is 0.194. The molecule has 4 rings (SSSR count). The Balaban J connectivity index is 1.44. The highest BCUT2D eigenvalue weighted by Crippen LogP contribution is 2.28. The molecule has 1 aliphatic rings. The molecular formula is C16H12FN5O2. The third kappa shape index (κ3) is 2.51. The molecule has 8 heteroatoms. The Morgan fingerprint density at radius 1 is 1.12 bits per heavy atom. The molecule has 1 amide bonds. The van der Waals surface area contributed by atoms with Crippen LogP contribution < -0.4 is 0 Å². The second kappa shape index (κ2) is 5.80. The van der Waals surface area contributed by atoms with E-state index in [1.54, 1.807) is 35.5 Å². The molecule has 24 heavy (non-hydrogen) atoms. The number of hydrogen-bond donors (Lipinski definition) is 0. The van der Waals surface area contributed by atoms with E-state index in [0.717, 1.165) is 0 Å². The van der Waals surface area contributed by atoms with Gasteiger partial charge in [0.2, 0.25) is 17.5 Å². The van der Waals surface area contributed by atoms with Gasteiger partial charge in [0.05, 0.1) is 11.5 Å². The summed E-state index contributed by atoms with van der Waals surface area (Å²) >= 11 is 0. The molecule has 0 N–H and O–H groups in total. The van der Waals surface area contributed by atoms with Crippen molar-refractivity contribution < 1.29 is 13.7 Å². The summed E-state index contributed by atoms with van der Waals surface area (Å²) in [6.07, 6.45) is 3.19. The number of amides is 1. The number of carbonyl (C=O) groups is 1. The summed E-state index contributed by atoms with van der Waals surface area (Å²) in [5.41, 5.74) is 0.0693. The zero-order chi connectivity index (χ0) is 16.5. The van der Waals surface area contributed by atoms with Crippen LogP contribution in [0, 0.1) is 5.82 Å². The Kier molecular flexibility index (Phi) is 3.49. The Morgan fingerprint density at radius 3 is 2.62 bits per heavy atom. The number of likely N-dealkylation sites (tertiary alicyclic amines) is 1. The fourth-order valence-electron chi connectivity index (χ4n) is 2.51. The number of nitrogens with zero attached hydrogens (tertiary/aromatic N) is 5. The predicted octanol–water partition coefficient (Wildman–Crippen LogP) is 1.91. The minimum atomic E-state index is -0.521. The third-order valence-electron chi connectivity index (χ3n) is 3.83. The first-order valence-corrected chi connectivity index (χ1v) is 7.37. The molecule has 1 fully saturated rings. The van der Waals surface area contributed by atoms with Gasteiger partial charge in [-0.2, -0.15) is 4.98 Å². The van der Waals surface area contributed by atoms with Crippen LogP contribution in [0.3, 0.4) is 0 Å². The molecule has 0 aliphatic carbocycles. The molecule has 2 aromatic heterocycles. The fraction of sp³-hybridized carbons (Fsp3) is 0.188. The molecule has 0 unspecified atom stereocenters. The fourth-order valence-corrected chi connectivity index (χ4v) is 2.51. The summed E-state index contributed by atoms with van der Waals surface area (Å²) in [5, 5.41) is 3.86. The van der Waals surface area contributed by atoms with Crippen molar-refractivity contribution in [2.24, 2.45) is 0 Å². The maximum Gasteiger partial charge on any atom is 0.256 e. The summed E-state index contributed by atoms with van der Waals surface area (Å²) in [4.78, 5) is 26.2. The third-order valence-corrected chi connectivity index (χ3v) is 3.83. The average Bonchev–Trinajstić information content (AvgIpc) is 3.04. The lowest BCUT2D eigenvalue weighted by Crippen LogP contribution is -2.48. The van der Waals surface area contributed by atoms with E-state index in [0.29, 0.717) is 30.6 Å². The van der Waals surface area contributed by atoms with Crippen molar-refractivity contribution in [3.05, 3.63) is 60.0 Å². The van der Waals surface area contributed by atoms with E-state index in [2.05, 4.69) is 20.1 Å². The van der Waals surface area contributed by atoms with Crippen LogP contribution in [0.1, 0.15) is 22.2 Å². The van der Waals surface area contributed by atoms with Gasteiger partial charge >= 0.3 is 0 Å². The lowest BCUT2D eigenvalue weighted by atomic mass is 9.98. The van der Waals surface area contributed by atoms with E-state index < -0.39 is 5.82 Å². The van der Waals surface area contributed by atoms with E-state index in [1.807, 2.05) is 0 Å². The van der Waals surface area contributed by atoms with Gasteiger partial charge in [-0.1, -0.05) is 17.3 Å². The molecule has 3 heterocycles. The molecule has 0 radical (unpaired) electrons. The molecule has 0 bridgehead atoms. The number of hydrogen-bond acceptors (Lipinski definition) is 6. The molecular weight excluding hydrogens is 313 g/mol. The second-order valence-electron chi connectivity index (χ2n) is 5.42. The first kappa shape index (κ1) is 14.4. The summed E-state index contributed by atoms with van der Waals surface area (Å²) in [6.45, 7) is 0.814. The molecule has 1 saturated heterocycles. The zero-order valence-electron chi connectivity index (χ0n) is 12.5. The first-order chi connectivity index (χ1) is 11.7. The quantitative estimate of drug-likeness (QED) is 0.731. The second-order valence-corrected chi connectivity index (χ2v) is 5.42. The van der Waals surface area contributed by atoms with Crippen molar-refractivity contribution in [3.8, 4) is 11.6 Å². The van der Waals surface area contributed by atoms with E-state index >= 15 is 0 Å². The van der Waals surface area contributed by atoms with Gasteiger partial charge in [0, 0.05) is 25.5 Å². The van der Waals surface area contributed by atoms with E-state index in [-0.39, 0.29) is 17.4 Å². The SMILES string of the molecule is O=C(c1ccccc1F)N1CC(c2nc(-c3ncccn3)no2)C1. The smallest absolute Gasteiger partial charge is 0.256 e. The van der Waals surface area contributed by atoms with Crippen LogP contribution in [-0.4, -0.2) is 44.0 Å². The van der Waals surface area contributed by atoms with E-state index in [4.69, 9.17) is 4.52 Å². The number of carbonyl (C=O) groups excluding carboxylic acids is 1. The van der Waals surface area contributed by atoms with E-state index in [1.165, 1.54) is 12.1 Å². The van der Waals surface area contributed by atoms with Gasteiger partial charge in [-0.15, -0.1) is 0 Å². The summed E-state index contributed by atoms with van der Waals surface area (Å²) < 4.78 is 18.9. The van der Waals surface area contributed by atoms with Crippen LogP contribution in [0.15, 0.2) is 47.2 Å². The lowest BCUT2D eigenvalue weighted by Gasteiger charge is -2.37. The summed E-state index contributed by atoms with van der Waals surface area (Å²) in [6, 6.07) is 7.63. The number of halogens is 1. The predicted molar refractivity (Wildman–Crippen MR) is 80.4 cm³/mol. The maximum absolute atomic E-state index is 13.7. The first-order valence-electron chi connectivity index (χ1n) is 7.37. The van der Waals surface area contributed by atoms with Crippen molar-refractivity contribution in [2.45, 2.75) is 5.92 Å². The zero-order valence-corrected chi connectivity index (χ0v) is 12.5. The van der Waals surface area contributed by atoms with Crippen molar-refractivity contribution in [1.82, 2.24) is 25.0 Å². The molecule has 1 aliphatic heterocycles. The van der Waals surface area contributed by atoms with Crippen molar-refractivity contribution in [2.75, 3.05) is 13.1 Å². The Morgan fingerprint density at radius 2 is 1.88 bits per heavy atom. The average molecular weight is 325 g/mol. The summed E-state index contributed by atoms with van der Waals surface area (Å²) in [7, 11) is 0. The Labute approximate surface area is 136 Å². The van der Waals surface area contributed by atoms with Gasteiger partial charge in [0.1, 0.15) is 5.82 Å². The van der Waals surface area contributed by atoms with Crippen LogP contribution in [0.5, 0.6) is 0 Å². The molecule has 3 aromatic rings. The van der Waals surface area contributed by atoms with Crippen LogP contribution in [0.2, 0.25) is 0 Å². The van der Waals surface area contributed by atoms with Crippen LogP contribution in [0.25, 0.3) is 11.6 Å². The van der Waals surface area contributed by atoms with Gasteiger partial charge in [0.15, 0.2) is 0 Å². The normalized spacial score (nSPS) is 14.5. The monoisotopic (exact) mass is 325 g/mol. The van der Waals surface area contributed by atoms with Crippen LogP contribution in [0.4, 0.5) is 4.39 Å². The standard InChI is InChI=1S/C16H12FN5O2/c17-12-5-2-1-4-11(12)16(23)22-8-10(9-22)15-20-14(21-24-15)13-18-6-3-7-19-13/h1-7,10H,8-9H2. The maximum atomic E-state index is 13.7. The number of benzene rings is 1. The highest BCUT2D eigenvalue weighted by Gasteiger charge is 2.36. The largest absolute Gasteiger partial charge is 0.338 e. The molecule has 0 atom stereocenters. The van der Waals surface area contributed by atoms with Gasteiger partial charge in [-0.25, -0.2) is 14.4 Å². The lowest BCUT2D eigenvalue weighted by molar-refractivity contribution is 0.0564. The number of aromatic nitrogens is 4. The topological polar surface area (TPSA) is 85.0 Å². The molecule has 7 nitrogen and oxygen atoms in total. The van der Waals surface area contributed by atoms with Crippen molar-refractivity contribution in [1.29, 1.82) is 0 Å². The van der Waals surface area contributed by atoms with Crippen molar-refractivity contribution >= 4 is 5.91 Å². The molecule has 0 spiro atoms. The van der Waals surface area contributed by atoms with E-state index in [9.17, 15) is 9.18 Å². The molecule has 0 saturated carbocycles. The number of rotatable bonds is 3. The highest BCUT2D eigenvalue weighted by atomic mass is 19.1. The minimum Gasteiger partial charge on any atom is -0.338 e. The molecule has 1 aromatic carbocycles. The highest BCUT2D eigenvalue weighted by molar-refractivity contribution is 5.95. The van der Waals surface area contributed by atoms with Crippen molar-refractivity contribution in [3.63, 3.8) is 0 Å². The van der Waals surface area contributed by atoms with Crippen LogP contribution in [-0.2, 0) is 0 Å². The minimum absolute atomic E-state index is 0.0642. The van der Waals surface area contributed by atoms with Gasteiger partial charge in [0.25, 0.3) is 5.91 Å². The molecule has 120 valence electrons.